The Kier molecular flexibility index (Phi) is 7.26. The van der Waals surface area contributed by atoms with Gasteiger partial charge in [0.05, 0.1) is 24.8 Å². The Hall–Kier alpha value is -2.55. The van der Waals surface area contributed by atoms with Gasteiger partial charge in [0, 0.05) is 64.0 Å². The van der Waals surface area contributed by atoms with E-state index in [0.29, 0.717) is 29.6 Å². The van der Waals surface area contributed by atoms with Crippen molar-refractivity contribution in [2.45, 2.75) is 29.8 Å². The second kappa shape index (κ2) is 10.2. The van der Waals surface area contributed by atoms with Crippen molar-refractivity contribution in [2.24, 2.45) is 0 Å². The first-order valence-electron chi connectivity index (χ1n) is 12.0. The number of hydrazine groups is 1. The number of sulfonamides is 1. The molecule has 38 heavy (non-hydrogen) atoms. The van der Waals surface area contributed by atoms with Crippen molar-refractivity contribution in [2.75, 3.05) is 47.8 Å². The van der Waals surface area contributed by atoms with Gasteiger partial charge in [-0.05, 0) is 23.6 Å². The number of hydrogen-bond acceptors (Lipinski definition) is 9. The third-order valence-corrected chi connectivity index (χ3v) is 10.6. The first kappa shape index (κ1) is 27.0. The van der Waals surface area contributed by atoms with Crippen molar-refractivity contribution in [1.29, 1.82) is 0 Å². The number of thiophene rings is 1. The Labute approximate surface area is 230 Å². The van der Waals surface area contributed by atoms with Crippen molar-refractivity contribution in [3.8, 4) is 0 Å². The van der Waals surface area contributed by atoms with Crippen LogP contribution in [0.1, 0.15) is 28.6 Å². The van der Waals surface area contributed by atoms with Gasteiger partial charge in [-0.1, -0.05) is 17.7 Å². The van der Waals surface area contributed by atoms with E-state index in [-0.39, 0.29) is 42.1 Å². The molecule has 2 aromatic heterocycles. The number of oxazole rings is 1. The van der Waals surface area contributed by atoms with Crippen LogP contribution in [0.15, 0.2) is 32.9 Å². The number of amides is 2. The van der Waals surface area contributed by atoms with Crippen LogP contribution in [-0.2, 0) is 27.9 Å². The fourth-order valence-corrected chi connectivity index (χ4v) is 7.91. The van der Waals surface area contributed by atoms with Gasteiger partial charge >= 0.3 is 5.91 Å². The summed E-state index contributed by atoms with van der Waals surface area (Å²) in [6, 6.07) is 6.19. The van der Waals surface area contributed by atoms with E-state index < -0.39 is 22.0 Å². The second-order valence-electron chi connectivity index (χ2n) is 9.78. The smallest absolute Gasteiger partial charge is 0.310 e. The Morgan fingerprint density at radius 1 is 1.16 bits per heavy atom. The lowest BCUT2D eigenvalue weighted by Crippen LogP contribution is -2.57. The van der Waals surface area contributed by atoms with Gasteiger partial charge in [-0.3, -0.25) is 9.59 Å². The van der Waals surface area contributed by atoms with Crippen LogP contribution in [-0.4, -0.2) is 103 Å². The Morgan fingerprint density at radius 2 is 1.89 bits per heavy atom. The zero-order valence-corrected chi connectivity index (χ0v) is 23.9. The van der Waals surface area contributed by atoms with Crippen LogP contribution in [0.4, 0.5) is 0 Å². The fraction of sp³-hybridized carbons (Fsp3) is 0.458. The quantitative estimate of drug-likeness (QED) is 0.452. The predicted molar refractivity (Wildman–Crippen MR) is 143 cm³/mol. The molecule has 1 atom stereocenters. The van der Waals surface area contributed by atoms with Crippen molar-refractivity contribution in [3.05, 3.63) is 46.6 Å². The van der Waals surface area contributed by atoms with Gasteiger partial charge in [-0.2, -0.15) is 4.31 Å². The molecule has 2 aliphatic rings. The van der Waals surface area contributed by atoms with Gasteiger partial charge in [0.1, 0.15) is 9.97 Å². The molecule has 1 unspecified atom stereocenters. The Bertz CT molecular complexity index is 1480. The Balaban J connectivity index is 1.41. The minimum absolute atomic E-state index is 0.0193. The SMILES string of the molecule is CN(C)C(=O)CC1CN(S(=O)(=O)c2cc3ccc(Cl)cc3s2)CCN1C(=O)c1nc2c(o1)CN(C)N(C)C2. The normalized spacial score (nSPS) is 19.6. The van der Waals surface area contributed by atoms with Gasteiger partial charge in [0.25, 0.3) is 15.9 Å². The number of aromatic nitrogens is 1. The number of piperazine rings is 1. The van der Waals surface area contributed by atoms with Crippen molar-refractivity contribution < 1.29 is 22.4 Å². The minimum atomic E-state index is -3.86. The maximum absolute atomic E-state index is 13.6. The fourth-order valence-electron chi connectivity index (χ4n) is 4.62. The highest BCUT2D eigenvalue weighted by Gasteiger charge is 2.40. The van der Waals surface area contributed by atoms with Crippen LogP contribution in [0.25, 0.3) is 10.1 Å². The van der Waals surface area contributed by atoms with Crippen LogP contribution in [0.3, 0.4) is 0 Å². The van der Waals surface area contributed by atoms with Gasteiger partial charge < -0.3 is 14.2 Å². The molecular weight excluding hydrogens is 552 g/mol. The first-order chi connectivity index (χ1) is 17.9. The van der Waals surface area contributed by atoms with Gasteiger partial charge in [-0.25, -0.2) is 23.4 Å². The molecule has 0 radical (unpaired) electrons. The summed E-state index contributed by atoms with van der Waals surface area (Å²) in [6.45, 7) is 1.17. The summed E-state index contributed by atoms with van der Waals surface area (Å²) in [7, 11) is 3.24. The molecule has 0 bridgehead atoms. The van der Waals surface area contributed by atoms with Crippen LogP contribution in [0, 0.1) is 0 Å². The number of carbonyl (C=O) groups excluding carboxylic acids is 2. The van der Waals surface area contributed by atoms with Crippen molar-refractivity contribution >= 4 is 54.9 Å². The molecule has 11 nitrogen and oxygen atoms in total. The predicted octanol–water partition coefficient (Wildman–Crippen LogP) is 2.33. The largest absolute Gasteiger partial charge is 0.436 e. The zero-order valence-electron chi connectivity index (χ0n) is 21.5. The van der Waals surface area contributed by atoms with E-state index in [1.54, 1.807) is 38.4 Å². The highest BCUT2D eigenvalue weighted by molar-refractivity contribution is 7.91. The minimum Gasteiger partial charge on any atom is -0.436 e. The molecule has 4 heterocycles. The van der Waals surface area contributed by atoms with Gasteiger partial charge in [0.2, 0.25) is 5.91 Å². The van der Waals surface area contributed by atoms with Crippen molar-refractivity contribution in [1.82, 2.24) is 29.1 Å². The van der Waals surface area contributed by atoms with E-state index in [0.717, 1.165) is 21.4 Å². The number of fused-ring (bicyclic) bond motifs is 2. The summed E-state index contributed by atoms with van der Waals surface area (Å²) in [5.74, 6) is -0.0760. The third-order valence-electron chi connectivity index (χ3n) is 6.96. The average molecular weight is 581 g/mol. The molecule has 14 heteroatoms. The molecule has 204 valence electrons. The van der Waals surface area contributed by atoms with E-state index in [1.807, 2.05) is 24.1 Å². The molecule has 0 spiro atoms. The number of hydrogen-bond donors (Lipinski definition) is 0. The molecule has 0 N–H and O–H groups in total. The summed E-state index contributed by atoms with van der Waals surface area (Å²) < 4.78 is 35.4. The summed E-state index contributed by atoms with van der Waals surface area (Å²) in [5.41, 5.74) is 0.695. The maximum Gasteiger partial charge on any atom is 0.310 e. The number of halogens is 1. The molecule has 1 aromatic carbocycles. The van der Waals surface area contributed by atoms with Gasteiger partial charge in [0.15, 0.2) is 0 Å². The lowest BCUT2D eigenvalue weighted by Gasteiger charge is -2.40. The van der Waals surface area contributed by atoms with Crippen LogP contribution < -0.4 is 0 Å². The molecular formula is C24H29ClN6O5S2. The number of rotatable bonds is 5. The molecule has 2 aliphatic heterocycles. The average Bonchev–Trinajstić information content (AvgIpc) is 3.48. The monoisotopic (exact) mass is 580 g/mol. The summed E-state index contributed by atoms with van der Waals surface area (Å²) in [5, 5.41) is 5.26. The van der Waals surface area contributed by atoms with Crippen LogP contribution >= 0.6 is 22.9 Å². The second-order valence-corrected chi connectivity index (χ2v) is 13.5. The lowest BCUT2D eigenvalue weighted by molar-refractivity contribution is -0.130. The topological polar surface area (TPSA) is 111 Å². The molecule has 1 fully saturated rings. The summed E-state index contributed by atoms with van der Waals surface area (Å²) in [4.78, 5) is 33.6. The van der Waals surface area contributed by atoms with Crippen LogP contribution in [0.2, 0.25) is 5.02 Å². The first-order valence-corrected chi connectivity index (χ1v) is 14.7. The van der Waals surface area contributed by atoms with Crippen LogP contribution in [0.5, 0.6) is 0 Å². The number of benzene rings is 1. The molecule has 0 aliphatic carbocycles. The standard InChI is InChI=1S/C24H29ClN6O5S2/c1-27(2)21(32)11-17-12-30(38(34,35)22-9-15-5-6-16(25)10-20(15)37-22)7-8-31(17)24(33)23-26-18-13-28(3)29(4)14-19(18)36-23/h5-6,9-10,17H,7-8,11-14H2,1-4H3. The van der Waals surface area contributed by atoms with Gasteiger partial charge in [-0.15, -0.1) is 11.3 Å². The highest BCUT2D eigenvalue weighted by atomic mass is 35.5. The summed E-state index contributed by atoms with van der Waals surface area (Å²) >= 11 is 7.23. The molecule has 5 rings (SSSR count). The molecule has 2 amide bonds. The van der Waals surface area contributed by atoms with Crippen molar-refractivity contribution in [3.63, 3.8) is 0 Å². The van der Waals surface area contributed by atoms with E-state index in [1.165, 1.54) is 14.1 Å². The highest BCUT2D eigenvalue weighted by Crippen LogP contribution is 2.34. The lowest BCUT2D eigenvalue weighted by atomic mass is 10.1. The molecule has 1 saturated heterocycles. The maximum atomic E-state index is 13.6. The Morgan fingerprint density at radius 3 is 2.63 bits per heavy atom. The van der Waals surface area contributed by atoms with E-state index in [2.05, 4.69) is 4.98 Å². The van der Waals surface area contributed by atoms with E-state index in [4.69, 9.17) is 16.0 Å². The molecule has 3 aromatic rings. The number of carbonyl (C=O) groups is 2. The molecule has 0 saturated carbocycles. The number of nitrogens with zero attached hydrogens (tertiary/aromatic N) is 6. The van der Waals surface area contributed by atoms with E-state index in [9.17, 15) is 18.0 Å². The summed E-state index contributed by atoms with van der Waals surface area (Å²) in [6.07, 6.45) is -0.0291. The zero-order chi connectivity index (χ0) is 27.4. The van der Waals surface area contributed by atoms with E-state index >= 15 is 0 Å². The third kappa shape index (κ3) is 5.06.